The zero-order valence-corrected chi connectivity index (χ0v) is 13.4. The number of ether oxygens (including phenoxy) is 1. The minimum absolute atomic E-state index is 0.237. The fourth-order valence-corrected chi connectivity index (χ4v) is 2.12. The molecule has 0 aliphatic carbocycles. The lowest BCUT2D eigenvalue weighted by molar-refractivity contribution is 0.301. The molecule has 0 saturated heterocycles. The van der Waals surface area contributed by atoms with Crippen LogP contribution in [0.2, 0.25) is 0 Å². The molecule has 23 heavy (non-hydrogen) atoms. The van der Waals surface area contributed by atoms with E-state index in [1.165, 1.54) is 10.7 Å². The lowest BCUT2D eigenvalue weighted by atomic mass is 10.3. The Morgan fingerprint density at radius 1 is 1.30 bits per heavy atom. The average molecular weight is 378 g/mol. The van der Waals surface area contributed by atoms with Crippen molar-refractivity contribution >= 4 is 15.9 Å². The molecule has 0 bridgehead atoms. The van der Waals surface area contributed by atoms with Crippen LogP contribution in [0.5, 0.6) is 11.5 Å². The van der Waals surface area contributed by atoms with Crippen LogP contribution in [-0.4, -0.2) is 20.1 Å². The number of halogens is 1. The SMILES string of the molecule is O=c1cc(Cn2cc(COc3ccc(Br)cc3)nn2)occ1O. The summed E-state index contributed by atoms with van der Waals surface area (Å²) in [6, 6.07) is 8.69. The predicted octanol–water partition coefficient (Wildman–Crippen LogP) is 2.33. The molecule has 3 aromatic rings. The molecule has 0 aliphatic rings. The summed E-state index contributed by atoms with van der Waals surface area (Å²) in [6.07, 6.45) is 2.71. The van der Waals surface area contributed by atoms with E-state index < -0.39 is 11.2 Å². The molecule has 0 fully saturated rings. The van der Waals surface area contributed by atoms with Crippen molar-refractivity contribution in [3.8, 4) is 11.5 Å². The quantitative estimate of drug-likeness (QED) is 0.733. The summed E-state index contributed by atoms with van der Waals surface area (Å²) in [5.74, 6) is 0.682. The van der Waals surface area contributed by atoms with Gasteiger partial charge in [0.2, 0.25) is 5.43 Å². The third-order valence-electron chi connectivity index (χ3n) is 2.97. The predicted molar refractivity (Wildman–Crippen MR) is 84.2 cm³/mol. The maximum Gasteiger partial charge on any atom is 0.226 e. The molecule has 1 N–H and O–H groups in total. The van der Waals surface area contributed by atoms with Crippen LogP contribution < -0.4 is 10.2 Å². The van der Waals surface area contributed by atoms with Gasteiger partial charge in [-0.2, -0.15) is 0 Å². The lowest BCUT2D eigenvalue weighted by Gasteiger charge is -2.03. The van der Waals surface area contributed by atoms with Crippen LogP contribution in [0, 0.1) is 0 Å². The molecule has 8 heteroatoms. The Labute approximate surface area is 139 Å². The standard InChI is InChI=1S/C15H12BrN3O4/c16-10-1-3-12(4-2-10)22-8-11-6-19(18-17-11)7-13-5-14(20)15(21)9-23-13/h1-6,9,21H,7-8H2. The Kier molecular flexibility index (Phi) is 4.42. The number of nitrogens with zero attached hydrogens (tertiary/aromatic N) is 3. The number of hydrogen-bond donors (Lipinski definition) is 1. The Morgan fingerprint density at radius 3 is 2.83 bits per heavy atom. The Bertz CT molecular complexity index is 858. The van der Waals surface area contributed by atoms with Crippen LogP contribution in [0.4, 0.5) is 0 Å². The Hall–Kier alpha value is -2.61. The van der Waals surface area contributed by atoms with Crippen molar-refractivity contribution in [2.45, 2.75) is 13.2 Å². The van der Waals surface area contributed by atoms with E-state index in [0.29, 0.717) is 11.5 Å². The van der Waals surface area contributed by atoms with Crippen LogP contribution in [0.1, 0.15) is 11.5 Å². The third kappa shape index (κ3) is 3.98. The molecule has 0 radical (unpaired) electrons. The van der Waals surface area contributed by atoms with Gasteiger partial charge in [0, 0.05) is 10.5 Å². The van der Waals surface area contributed by atoms with Gasteiger partial charge in [0.25, 0.3) is 0 Å². The molecule has 2 aromatic heterocycles. The summed E-state index contributed by atoms with van der Waals surface area (Å²) < 4.78 is 13.2. The Morgan fingerprint density at radius 2 is 2.09 bits per heavy atom. The summed E-state index contributed by atoms with van der Waals surface area (Å²) in [5, 5.41) is 17.1. The maximum absolute atomic E-state index is 11.3. The first kappa shape index (κ1) is 15.3. The Balaban J connectivity index is 1.62. The molecule has 0 saturated carbocycles. The van der Waals surface area contributed by atoms with E-state index >= 15 is 0 Å². The highest BCUT2D eigenvalue weighted by Gasteiger charge is 2.06. The highest BCUT2D eigenvalue weighted by molar-refractivity contribution is 9.10. The molecular formula is C15H12BrN3O4. The molecule has 0 amide bonds. The van der Waals surface area contributed by atoms with Gasteiger partial charge in [0.05, 0.1) is 6.20 Å². The number of aromatic hydroxyl groups is 1. The molecule has 0 spiro atoms. The van der Waals surface area contributed by atoms with Crippen molar-refractivity contribution in [1.29, 1.82) is 0 Å². The first-order chi connectivity index (χ1) is 11.1. The fourth-order valence-electron chi connectivity index (χ4n) is 1.86. The van der Waals surface area contributed by atoms with Gasteiger partial charge in [-0.1, -0.05) is 21.1 Å². The fraction of sp³-hybridized carbons (Fsp3) is 0.133. The number of rotatable bonds is 5. The number of aromatic nitrogens is 3. The van der Waals surface area contributed by atoms with Gasteiger partial charge in [-0.05, 0) is 24.3 Å². The number of benzene rings is 1. The first-order valence-electron chi connectivity index (χ1n) is 6.68. The van der Waals surface area contributed by atoms with Crippen LogP contribution in [-0.2, 0) is 13.2 Å². The second-order valence-corrected chi connectivity index (χ2v) is 5.66. The minimum atomic E-state index is -0.495. The first-order valence-corrected chi connectivity index (χ1v) is 7.47. The summed E-state index contributed by atoms with van der Waals surface area (Å²) in [7, 11) is 0. The van der Waals surface area contributed by atoms with Crippen molar-refractivity contribution in [2.24, 2.45) is 0 Å². The summed E-state index contributed by atoms with van der Waals surface area (Å²) >= 11 is 3.36. The van der Waals surface area contributed by atoms with E-state index in [-0.39, 0.29) is 13.2 Å². The second kappa shape index (κ2) is 6.66. The van der Waals surface area contributed by atoms with E-state index in [1.54, 1.807) is 6.20 Å². The van der Waals surface area contributed by atoms with E-state index in [2.05, 4.69) is 26.2 Å². The normalized spacial score (nSPS) is 10.7. The van der Waals surface area contributed by atoms with E-state index in [4.69, 9.17) is 14.3 Å². The van der Waals surface area contributed by atoms with Gasteiger partial charge in [0.1, 0.15) is 36.6 Å². The molecule has 118 valence electrons. The van der Waals surface area contributed by atoms with Gasteiger partial charge in [-0.25, -0.2) is 4.68 Å². The summed E-state index contributed by atoms with van der Waals surface area (Å²) in [4.78, 5) is 11.3. The van der Waals surface area contributed by atoms with Gasteiger partial charge in [-0.15, -0.1) is 5.10 Å². The topological polar surface area (TPSA) is 90.4 Å². The minimum Gasteiger partial charge on any atom is -0.502 e. The average Bonchev–Trinajstić information content (AvgIpc) is 2.98. The van der Waals surface area contributed by atoms with Crippen molar-refractivity contribution in [3.63, 3.8) is 0 Å². The molecule has 2 heterocycles. The van der Waals surface area contributed by atoms with Crippen molar-refractivity contribution in [3.05, 3.63) is 68.9 Å². The maximum atomic E-state index is 11.3. The highest BCUT2D eigenvalue weighted by atomic mass is 79.9. The molecule has 1 aromatic carbocycles. The second-order valence-electron chi connectivity index (χ2n) is 4.75. The van der Waals surface area contributed by atoms with Gasteiger partial charge < -0.3 is 14.3 Å². The highest BCUT2D eigenvalue weighted by Crippen LogP contribution is 2.17. The molecule has 0 atom stereocenters. The summed E-state index contributed by atoms with van der Waals surface area (Å²) in [6.45, 7) is 0.516. The van der Waals surface area contributed by atoms with Crippen LogP contribution >= 0.6 is 15.9 Å². The molecule has 0 unspecified atom stereocenters. The van der Waals surface area contributed by atoms with Crippen molar-refractivity contribution in [1.82, 2.24) is 15.0 Å². The van der Waals surface area contributed by atoms with Crippen molar-refractivity contribution in [2.75, 3.05) is 0 Å². The third-order valence-corrected chi connectivity index (χ3v) is 3.50. The smallest absolute Gasteiger partial charge is 0.226 e. The molecule has 7 nitrogen and oxygen atoms in total. The van der Waals surface area contributed by atoms with Gasteiger partial charge in [0.15, 0.2) is 5.75 Å². The van der Waals surface area contributed by atoms with Crippen molar-refractivity contribution < 1.29 is 14.3 Å². The zero-order valence-electron chi connectivity index (χ0n) is 11.8. The van der Waals surface area contributed by atoms with E-state index in [0.717, 1.165) is 16.5 Å². The largest absolute Gasteiger partial charge is 0.502 e. The molecule has 0 aliphatic heterocycles. The lowest BCUT2D eigenvalue weighted by Crippen LogP contribution is -2.05. The van der Waals surface area contributed by atoms with Crippen LogP contribution in [0.15, 0.2) is 56.5 Å². The van der Waals surface area contributed by atoms with E-state index in [1.807, 2.05) is 24.3 Å². The zero-order chi connectivity index (χ0) is 16.2. The van der Waals surface area contributed by atoms with Gasteiger partial charge >= 0.3 is 0 Å². The monoisotopic (exact) mass is 377 g/mol. The molecule has 3 rings (SSSR count). The molecular weight excluding hydrogens is 366 g/mol. The van der Waals surface area contributed by atoms with Crippen LogP contribution in [0.25, 0.3) is 0 Å². The van der Waals surface area contributed by atoms with Crippen LogP contribution in [0.3, 0.4) is 0 Å². The number of hydrogen-bond acceptors (Lipinski definition) is 6. The van der Waals surface area contributed by atoms with Gasteiger partial charge in [-0.3, -0.25) is 4.79 Å². The van der Waals surface area contributed by atoms with E-state index in [9.17, 15) is 4.79 Å². The summed E-state index contributed by atoms with van der Waals surface area (Å²) in [5.41, 5.74) is 0.152.